The summed E-state index contributed by atoms with van der Waals surface area (Å²) in [5.74, 6) is 0.729. The minimum Gasteiger partial charge on any atom is -0.327 e. The molecule has 2 nitrogen and oxygen atoms in total. The van der Waals surface area contributed by atoms with Gasteiger partial charge in [-0.2, -0.15) is 0 Å². The Bertz CT molecular complexity index is 337. The van der Waals surface area contributed by atoms with Crippen LogP contribution in [0.4, 0.5) is 0 Å². The third kappa shape index (κ3) is 2.65. The van der Waals surface area contributed by atoms with Crippen LogP contribution in [0.1, 0.15) is 36.1 Å². The summed E-state index contributed by atoms with van der Waals surface area (Å²) in [5.41, 5.74) is 6.10. The zero-order valence-corrected chi connectivity index (χ0v) is 11.3. The van der Waals surface area contributed by atoms with Crippen LogP contribution in [0.25, 0.3) is 0 Å². The SMILES string of the molecule is Cc1ccc(C(C)N2CC(C)CC(N)C2)s1. The topological polar surface area (TPSA) is 29.3 Å². The zero-order valence-electron chi connectivity index (χ0n) is 10.4. The lowest BCUT2D eigenvalue weighted by molar-refractivity contribution is 0.125. The van der Waals surface area contributed by atoms with Crippen LogP contribution in [-0.2, 0) is 0 Å². The number of nitrogens with zero attached hydrogens (tertiary/aromatic N) is 1. The number of likely N-dealkylation sites (tertiary alicyclic amines) is 1. The number of hydrogen-bond donors (Lipinski definition) is 1. The lowest BCUT2D eigenvalue weighted by atomic mass is 9.95. The second kappa shape index (κ2) is 4.86. The Hall–Kier alpha value is -0.380. The van der Waals surface area contributed by atoms with Crippen molar-refractivity contribution in [2.24, 2.45) is 11.7 Å². The first-order valence-corrected chi connectivity index (χ1v) is 6.94. The molecule has 0 saturated carbocycles. The second-order valence-electron chi connectivity index (χ2n) is 5.18. The lowest BCUT2D eigenvalue weighted by Gasteiger charge is -2.38. The van der Waals surface area contributed by atoms with E-state index in [-0.39, 0.29) is 0 Å². The van der Waals surface area contributed by atoms with Crippen LogP contribution in [0, 0.1) is 12.8 Å². The maximum atomic E-state index is 6.10. The molecule has 1 aliphatic heterocycles. The van der Waals surface area contributed by atoms with Crippen molar-refractivity contribution < 1.29 is 0 Å². The molecule has 0 radical (unpaired) electrons. The van der Waals surface area contributed by atoms with Crippen LogP contribution in [0.3, 0.4) is 0 Å². The summed E-state index contributed by atoms with van der Waals surface area (Å²) in [6, 6.07) is 5.35. The highest BCUT2D eigenvalue weighted by Crippen LogP contribution is 2.30. The standard InChI is InChI=1S/C13H22N2S/c1-9-6-12(14)8-15(7-9)11(3)13-5-4-10(2)16-13/h4-5,9,11-12H,6-8,14H2,1-3H3. The summed E-state index contributed by atoms with van der Waals surface area (Å²) in [6.07, 6.45) is 1.17. The van der Waals surface area contributed by atoms with Gasteiger partial charge in [0.25, 0.3) is 0 Å². The Morgan fingerprint density at radius 2 is 2.19 bits per heavy atom. The van der Waals surface area contributed by atoms with Gasteiger partial charge in [-0.05, 0) is 38.3 Å². The summed E-state index contributed by atoms with van der Waals surface area (Å²) >= 11 is 1.91. The van der Waals surface area contributed by atoms with Crippen LogP contribution in [0.5, 0.6) is 0 Å². The predicted molar refractivity (Wildman–Crippen MR) is 70.8 cm³/mol. The Morgan fingerprint density at radius 1 is 1.44 bits per heavy atom. The van der Waals surface area contributed by atoms with Gasteiger partial charge in [0.2, 0.25) is 0 Å². The molecule has 1 aromatic heterocycles. The van der Waals surface area contributed by atoms with Gasteiger partial charge < -0.3 is 5.73 Å². The van der Waals surface area contributed by atoms with Crippen molar-refractivity contribution in [3.63, 3.8) is 0 Å². The highest BCUT2D eigenvalue weighted by Gasteiger charge is 2.26. The van der Waals surface area contributed by atoms with Gasteiger partial charge in [0, 0.05) is 34.9 Å². The highest BCUT2D eigenvalue weighted by molar-refractivity contribution is 7.12. The first-order valence-electron chi connectivity index (χ1n) is 6.12. The molecule has 3 heteroatoms. The Morgan fingerprint density at radius 3 is 2.75 bits per heavy atom. The monoisotopic (exact) mass is 238 g/mol. The van der Waals surface area contributed by atoms with Gasteiger partial charge in [-0.3, -0.25) is 4.90 Å². The quantitative estimate of drug-likeness (QED) is 0.858. The lowest BCUT2D eigenvalue weighted by Crippen LogP contribution is -2.46. The van der Waals surface area contributed by atoms with E-state index in [2.05, 4.69) is 37.8 Å². The molecule has 0 amide bonds. The number of piperidine rings is 1. The fourth-order valence-electron chi connectivity index (χ4n) is 2.62. The maximum Gasteiger partial charge on any atom is 0.0414 e. The van der Waals surface area contributed by atoms with E-state index in [1.54, 1.807) is 0 Å². The Labute approximate surface area is 102 Å². The smallest absolute Gasteiger partial charge is 0.0414 e. The molecular weight excluding hydrogens is 216 g/mol. The molecule has 0 aromatic carbocycles. The normalized spacial score (nSPS) is 29.2. The molecule has 0 aliphatic carbocycles. The van der Waals surface area contributed by atoms with Crippen molar-refractivity contribution >= 4 is 11.3 Å². The van der Waals surface area contributed by atoms with Crippen LogP contribution < -0.4 is 5.73 Å². The molecule has 90 valence electrons. The third-order valence-corrected chi connectivity index (χ3v) is 4.61. The van der Waals surface area contributed by atoms with E-state index in [0.717, 1.165) is 12.5 Å². The largest absolute Gasteiger partial charge is 0.327 e. The van der Waals surface area contributed by atoms with Crippen LogP contribution in [0.2, 0.25) is 0 Å². The van der Waals surface area contributed by atoms with Crippen molar-refractivity contribution in [1.82, 2.24) is 4.90 Å². The number of aryl methyl sites for hydroxylation is 1. The van der Waals surface area contributed by atoms with Crippen molar-refractivity contribution in [3.8, 4) is 0 Å². The minimum absolute atomic E-state index is 0.354. The van der Waals surface area contributed by atoms with Crippen molar-refractivity contribution in [2.45, 2.75) is 39.3 Å². The van der Waals surface area contributed by atoms with Crippen molar-refractivity contribution in [2.75, 3.05) is 13.1 Å². The molecule has 1 aliphatic rings. The zero-order chi connectivity index (χ0) is 11.7. The van der Waals surface area contributed by atoms with E-state index in [0.29, 0.717) is 12.1 Å². The van der Waals surface area contributed by atoms with Gasteiger partial charge in [0.05, 0.1) is 0 Å². The van der Waals surface area contributed by atoms with E-state index in [1.165, 1.54) is 22.7 Å². The van der Waals surface area contributed by atoms with Gasteiger partial charge in [-0.15, -0.1) is 11.3 Å². The number of hydrogen-bond acceptors (Lipinski definition) is 3. The molecule has 2 N–H and O–H groups in total. The van der Waals surface area contributed by atoms with Crippen LogP contribution >= 0.6 is 11.3 Å². The second-order valence-corrected chi connectivity index (χ2v) is 6.50. The maximum absolute atomic E-state index is 6.10. The molecule has 16 heavy (non-hydrogen) atoms. The van der Waals surface area contributed by atoms with Crippen LogP contribution in [0.15, 0.2) is 12.1 Å². The first kappa shape index (κ1) is 12.1. The number of thiophene rings is 1. The van der Waals surface area contributed by atoms with Gasteiger partial charge in [0.15, 0.2) is 0 Å². The van der Waals surface area contributed by atoms with Gasteiger partial charge >= 0.3 is 0 Å². The molecule has 2 rings (SSSR count). The molecule has 0 bridgehead atoms. The first-order chi connectivity index (χ1) is 7.56. The van der Waals surface area contributed by atoms with E-state index in [1.807, 2.05) is 11.3 Å². The average Bonchev–Trinajstić information content (AvgIpc) is 2.62. The van der Waals surface area contributed by atoms with E-state index < -0.39 is 0 Å². The molecule has 1 saturated heterocycles. The van der Waals surface area contributed by atoms with E-state index >= 15 is 0 Å². The Kier molecular flexibility index (Phi) is 3.67. The van der Waals surface area contributed by atoms with Gasteiger partial charge in [-0.25, -0.2) is 0 Å². The highest BCUT2D eigenvalue weighted by atomic mass is 32.1. The van der Waals surface area contributed by atoms with E-state index in [4.69, 9.17) is 5.73 Å². The molecule has 2 heterocycles. The molecule has 0 spiro atoms. The minimum atomic E-state index is 0.354. The Balaban J connectivity index is 2.06. The number of nitrogens with two attached hydrogens (primary N) is 1. The summed E-state index contributed by atoms with van der Waals surface area (Å²) in [5, 5.41) is 0. The average molecular weight is 238 g/mol. The van der Waals surface area contributed by atoms with Crippen molar-refractivity contribution in [1.29, 1.82) is 0 Å². The van der Waals surface area contributed by atoms with Gasteiger partial charge in [-0.1, -0.05) is 6.92 Å². The number of rotatable bonds is 2. The molecular formula is C13H22N2S. The summed E-state index contributed by atoms with van der Waals surface area (Å²) < 4.78 is 0. The molecule has 1 aromatic rings. The third-order valence-electron chi connectivity index (χ3n) is 3.44. The van der Waals surface area contributed by atoms with Crippen LogP contribution in [-0.4, -0.2) is 24.0 Å². The molecule has 3 unspecified atom stereocenters. The van der Waals surface area contributed by atoms with Gasteiger partial charge in [0.1, 0.15) is 0 Å². The summed E-state index contributed by atoms with van der Waals surface area (Å²) in [6.45, 7) is 9.01. The fourth-order valence-corrected chi connectivity index (χ4v) is 3.58. The van der Waals surface area contributed by atoms with Crippen molar-refractivity contribution in [3.05, 3.63) is 21.9 Å². The summed E-state index contributed by atoms with van der Waals surface area (Å²) in [4.78, 5) is 5.40. The van der Waals surface area contributed by atoms with E-state index in [9.17, 15) is 0 Å². The molecule has 1 fully saturated rings. The predicted octanol–water partition coefficient (Wildman–Crippen LogP) is 2.79. The molecule has 3 atom stereocenters. The summed E-state index contributed by atoms with van der Waals surface area (Å²) in [7, 11) is 0. The fraction of sp³-hybridized carbons (Fsp3) is 0.692.